The van der Waals surface area contributed by atoms with Gasteiger partial charge < -0.3 is 0 Å². The molecule has 0 aromatic carbocycles. The maximum atomic E-state index is 9.36. The zero-order valence-corrected chi connectivity index (χ0v) is 6.45. The Labute approximate surface area is 65.8 Å². The Morgan fingerprint density at radius 3 is 2.91 bits per heavy atom. The minimum Gasteiger partial charge on any atom is -0.291 e. The molecule has 0 amide bonds. The molecule has 1 aromatic heterocycles. The first kappa shape index (κ1) is 6.84. The molecule has 11 heavy (non-hydrogen) atoms. The fourth-order valence-corrected chi connectivity index (χ4v) is 2.20. The lowest BCUT2D eigenvalue weighted by atomic mass is 10.3. The third-order valence-corrected chi connectivity index (χ3v) is 3.08. The van der Waals surface area contributed by atoms with Gasteiger partial charge in [0, 0.05) is 17.2 Å². The van der Waals surface area contributed by atoms with E-state index in [0.29, 0.717) is 4.90 Å². The number of fused-ring (bicyclic) bond motifs is 1. The molecule has 1 aromatic rings. The molecular formula is C7H7NO2S. The van der Waals surface area contributed by atoms with E-state index in [1.165, 1.54) is 11.6 Å². The van der Waals surface area contributed by atoms with Crippen LogP contribution in [0, 0.1) is 0 Å². The molecule has 0 radical (unpaired) electrons. The largest absolute Gasteiger partial charge is 0.291 e. The second kappa shape index (κ2) is 2.07. The average Bonchev–Trinajstić information content (AvgIpc) is 2.29. The average molecular weight is 169 g/mol. The van der Waals surface area contributed by atoms with E-state index in [4.69, 9.17) is 0 Å². The molecule has 1 aliphatic heterocycles. The number of rotatable bonds is 0. The number of nitrogens with zero attached hydrogens (tertiary/aromatic N) is 1. The fourth-order valence-electron chi connectivity index (χ4n) is 1.02. The Bertz CT molecular complexity index is 322. The van der Waals surface area contributed by atoms with Gasteiger partial charge in [0.1, 0.15) is 0 Å². The Morgan fingerprint density at radius 1 is 1.36 bits per heavy atom. The lowest BCUT2D eigenvalue weighted by Gasteiger charge is -2.24. The molecule has 0 atom stereocenters. The summed E-state index contributed by atoms with van der Waals surface area (Å²) in [6.07, 6.45) is 4.82. The van der Waals surface area contributed by atoms with Gasteiger partial charge in [-0.1, -0.05) is 0 Å². The van der Waals surface area contributed by atoms with E-state index in [1.54, 1.807) is 18.3 Å². The molecule has 0 fully saturated rings. The van der Waals surface area contributed by atoms with Crippen LogP contribution in [0.2, 0.25) is 0 Å². The van der Waals surface area contributed by atoms with Crippen molar-refractivity contribution in [3.8, 4) is 0 Å². The highest BCUT2D eigenvalue weighted by Gasteiger charge is 2.20. The van der Waals surface area contributed by atoms with Crippen molar-refractivity contribution in [1.82, 2.24) is 4.98 Å². The van der Waals surface area contributed by atoms with Crippen molar-refractivity contribution in [3.05, 3.63) is 29.4 Å². The molecule has 2 heterocycles. The van der Waals surface area contributed by atoms with Crippen molar-refractivity contribution in [3.63, 3.8) is 0 Å². The SMILES string of the molecule is OS1(O)C=Cc2ccncc21. The highest BCUT2D eigenvalue weighted by Crippen LogP contribution is 2.55. The summed E-state index contributed by atoms with van der Waals surface area (Å²) in [6.45, 7) is 0. The molecular weight excluding hydrogens is 162 g/mol. The molecule has 3 nitrogen and oxygen atoms in total. The standard InChI is InChI=1S/C7H7NO2S/c9-11(10)4-2-6-1-3-8-5-7(6)11/h1-5,9-10H. The fraction of sp³-hybridized carbons (Fsp3) is 0. The van der Waals surface area contributed by atoms with Gasteiger partial charge in [0.2, 0.25) is 0 Å². The minimum absolute atomic E-state index is 0.528. The highest BCUT2D eigenvalue weighted by atomic mass is 32.3. The molecule has 4 heteroatoms. The number of hydrogen-bond donors (Lipinski definition) is 2. The summed E-state index contributed by atoms with van der Waals surface area (Å²) < 4.78 is 18.7. The maximum absolute atomic E-state index is 9.36. The van der Waals surface area contributed by atoms with Crippen molar-refractivity contribution in [2.24, 2.45) is 0 Å². The molecule has 2 N–H and O–H groups in total. The molecule has 1 aliphatic rings. The van der Waals surface area contributed by atoms with E-state index in [0.717, 1.165) is 5.56 Å². The van der Waals surface area contributed by atoms with E-state index in [9.17, 15) is 9.11 Å². The first-order valence-corrected chi connectivity index (χ1v) is 4.71. The number of aromatic nitrogens is 1. The van der Waals surface area contributed by atoms with Gasteiger partial charge in [0.05, 0.1) is 11.1 Å². The van der Waals surface area contributed by atoms with E-state index in [-0.39, 0.29) is 0 Å². The normalized spacial score (nSPS) is 21.3. The van der Waals surface area contributed by atoms with Crippen LogP contribution in [-0.2, 0) is 0 Å². The van der Waals surface area contributed by atoms with Crippen molar-refractivity contribution >= 4 is 16.7 Å². The summed E-state index contributed by atoms with van der Waals surface area (Å²) in [4.78, 5) is 4.34. The molecule has 0 bridgehead atoms. The van der Waals surface area contributed by atoms with Gasteiger partial charge in [-0.25, -0.2) is 0 Å². The first-order valence-electron chi connectivity index (χ1n) is 3.10. The van der Waals surface area contributed by atoms with Gasteiger partial charge >= 0.3 is 0 Å². The van der Waals surface area contributed by atoms with Crippen LogP contribution >= 0.6 is 10.6 Å². The predicted octanol–water partition coefficient (Wildman–Crippen LogP) is 2.18. The molecule has 0 saturated heterocycles. The van der Waals surface area contributed by atoms with Crippen LogP contribution in [0.3, 0.4) is 0 Å². The van der Waals surface area contributed by atoms with Crippen molar-refractivity contribution < 1.29 is 9.11 Å². The van der Waals surface area contributed by atoms with Gasteiger partial charge in [-0.3, -0.25) is 14.1 Å². The van der Waals surface area contributed by atoms with Gasteiger partial charge in [-0.05, 0) is 12.1 Å². The summed E-state index contributed by atoms with van der Waals surface area (Å²) in [5.41, 5.74) is 0.847. The zero-order valence-electron chi connectivity index (χ0n) is 5.64. The minimum atomic E-state index is -2.65. The topological polar surface area (TPSA) is 53.4 Å². The number of hydrogen-bond acceptors (Lipinski definition) is 3. The summed E-state index contributed by atoms with van der Waals surface area (Å²) in [6, 6.07) is 1.76. The third-order valence-electron chi connectivity index (χ3n) is 1.58. The van der Waals surface area contributed by atoms with Crippen LogP contribution in [0.15, 0.2) is 28.8 Å². The maximum Gasteiger partial charge on any atom is 0.0886 e. The van der Waals surface area contributed by atoms with Gasteiger partial charge in [0.15, 0.2) is 0 Å². The second-order valence-corrected chi connectivity index (χ2v) is 4.21. The second-order valence-electron chi connectivity index (χ2n) is 2.31. The monoisotopic (exact) mass is 169 g/mol. The smallest absolute Gasteiger partial charge is 0.0886 e. The summed E-state index contributed by atoms with van der Waals surface area (Å²) in [5, 5.41) is 1.42. The van der Waals surface area contributed by atoms with E-state index in [2.05, 4.69) is 4.98 Å². The summed E-state index contributed by atoms with van der Waals surface area (Å²) >= 11 is 0. The van der Waals surface area contributed by atoms with Crippen molar-refractivity contribution in [1.29, 1.82) is 0 Å². The van der Waals surface area contributed by atoms with Crippen LogP contribution in [-0.4, -0.2) is 14.1 Å². The van der Waals surface area contributed by atoms with Crippen molar-refractivity contribution in [2.45, 2.75) is 4.90 Å². The lowest BCUT2D eigenvalue weighted by Crippen LogP contribution is -1.91. The van der Waals surface area contributed by atoms with E-state index in [1.807, 2.05) is 0 Å². The van der Waals surface area contributed by atoms with E-state index >= 15 is 0 Å². The van der Waals surface area contributed by atoms with Crippen LogP contribution in [0.4, 0.5) is 0 Å². The number of pyridine rings is 1. The first-order chi connectivity index (χ1) is 5.20. The van der Waals surface area contributed by atoms with Gasteiger partial charge in [0.25, 0.3) is 0 Å². The van der Waals surface area contributed by atoms with Crippen molar-refractivity contribution in [2.75, 3.05) is 0 Å². The molecule has 2 rings (SSSR count). The summed E-state index contributed by atoms with van der Waals surface area (Å²) in [5.74, 6) is 0. The molecule has 0 aliphatic carbocycles. The van der Waals surface area contributed by atoms with Gasteiger partial charge in [-0.2, -0.15) is 0 Å². The molecule has 0 spiro atoms. The van der Waals surface area contributed by atoms with E-state index < -0.39 is 10.6 Å². The third kappa shape index (κ3) is 0.956. The van der Waals surface area contributed by atoms with Gasteiger partial charge in [-0.15, -0.1) is 10.6 Å². The van der Waals surface area contributed by atoms with Crippen LogP contribution in [0.1, 0.15) is 5.56 Å². The Kier molecular flexibility index (Phi) is 1.29. The van der Waals surface area contributed by atoms with Crippen LogP contribution in [0.25, 0.3) is 6.08 Å². The Hall–Kier alpha value is -0.840. The Morgan fingerprint density at radius 2 is 2.18 bits per heavy atom. The predicted molar refractivity (Wildman–Crippen MR) is 44.4 cm³/mol. The van der Waals surface area contributed by atoms with Crippen LogP contribution in [0.5, 0.6) is 0 Å². The zero-order chi connectivity index (χ0) is 7.90. The highest BCUT2D eigenvalue weighted by molar-refractivity contribution is 8.27. The lowest BCUT2D eigenvalue weighted by molar-refractivity contribution is 0.500. The summed E-state index contributed by atoms with van der Waals surface area (Å²) in [7, 11) is -2.65. The Balaban J connectivity index is 2.64. The molecule has 58 valence electrons. The molecule has 0 saturated carbocycles. The molecule has 0 unspecified atom stereocenters. The van der Waals surface area contributed by atoms with Crippen LogP contribution < -0.4 is 0 Å². The quantitative estimate of drug-likeness (QED) is 0.625.